The summed E-state index contributed by atoms with van der Waals surface area (Å²) in [5, 5.41) is 4.27. The molecule has 0 atom stereocenters. The minimum Gasteiger partial charge on any atom is -0.151 e. The minimum atomic E-state index is -11.2. The van der Waals surface area contributed by atoms with Gasteiger partial charge in [-0.1, -0.05) is 30.0 Å². The first-order valence-corrected chi connectivity index (χ1v) is 12.3. The average molecular weight is 429 g/mol. The van der Waals surface area contributed by atoms with E-state index in [2.05, 4.69) is 41.1 Å². The van der Waals surface area contributed by atoms with Crippen molar-refractivity contribution in [2.75, 3.05) is 0 Å². The minimum absolute atomic E-state index is 0. The van der Waals surface area contributed by atoms with Crippen LogP contribution in [0.15, 0.2) is 56.9 Å². The monoisotopic (exact) mass is 428 g/mol. The van der Waals surface area contributed by atoms with Crippen LogP contribution in [0, 0.1) is 0 Å². The van der Waals surface area contributed by atoms with Crippen LogP contribution in [0.4, 0.5) is 16.9 Å². The molecular weight excluding hydrogens is 420 g/mol. The Morgan fingerprint density at radius 2 is 1.37 bits per heavy atom. The van der Waals surface area contributed by atoms with Crippen molar-refractivity contribution in [3.63, 3.8) is 0 Å². The fourth-order valence-electron chi connectivity index (χ4n) is 0.935. The molecule has 0 spiro atoms. The molecule has 2 aromatic rings. The summed E-state index contributed by atoms with van der Waals surface area (Å²) in [5.74, 6) is 0. The average Bonchev–Trinajstić information content (AvgIpc) is 2.67. The van der Waals surface area contributed by atoms with E-state index in [9.17, 15) is 16.9 Å². The fourth-order valence-corrected chi connectivity index (χ4v) is 2.60. The van der Waals surface area contributed by atoms with E-state index in [4.69, 9.17) is 0 Å². The molecule has 0 aliphatic heterocycles. The molecule has 19 heavy (non-hydrogen) atoms. The van der Waals surface area contributed by atoms with Gasteiger partial charge in [0.15, 0.2) is 0 Å². The Labute approximate surface area is 117 Å². The Bertz CT molecular complexity index is 500. The summed E-state index contributed by atoms with van der Waals surface area (Å²) in [6.45, 7) is 0. The van der Waals surface area contributed by atoms with Crippen LogP contribution in [0.25, 0.3) is 0 Å². The maximum atomic E-state index is 9.93. The number of halogens is 6. The molecule has 0 fully saturated rings. The zero-order valence-corrected chi connectivity index (χ0v) is 13.3. The van der Waals surface area contributed by atoms with Gasteiger partial charge in [-0.3, -0.25) is 0 Å². The van der Waals surface area contributed by atoms with Gasteiger partial charge in [-0.2, -0.15) is 11.3 Å². The number of rotatable bonds is 2. The maximum Gasteiger partial charge on any atom is 1.00 e. The molecule has 1 aromatic carbocycles. The van der Waals surface area contributed by atoms with Gasteiger partial charge in [0.05, 0.1) is 0 Å². The summed E-state index contributed by atoms with van der Waals surface area (Å²) in [5.41, 5.74) is 0. The molecular formula is C10H9F6S2Sb. The Morgan fingerprint density at radius 3 is 1.79 bits per heavy atom. The van der Waals surface area contributed by atoms with Crippen LogP contribution < -0.4 is 0 Å². The number of benzene rings is 1. The second-order valence-electron chi connectivity index (χ2n) is 3.33. The molecule has 0 unspecified atom stereocenters. The van der Waals surface area contributed by atoms with Crippen molar-refractivity contribution in [1.29, 1.82) is 0 Å². The van der Waals surface area contributed by atoms with Gasteiger partial charge in [0.2, 0.25) is 0 Å². The van der Waals surface area contributed by atoms with Crippen LogP contribution in [0.2, 0.25) is 0 Å². The van der Waals surface area contributed by atoms with Gasteiger partial charge in [-0.05, 0) is 23.6 Å². The predicted molar refractivity (Wildman–Crippen MR) is 68.4 cm³/mol. The SMILES string of the molecule is [F][Sb-]([F])([F])([F])([F])[F].[H+].c1ccc(Sc2ccsc2)cc1. The molecule has 1 aromatic heterocycles. The second-order valence-corrected chi connectivity index (χ2v) is 10.7. The van der Waals surface area contributed by atoms with Crippen molar-refractivity contribution in [3.05, 3.63) is 47.2 Å². The number of hydrogen-bond acceptors (Lipinski definition) is 2. The first-order chi connectivity index (χ1) is 8.40. The van der Waals surface area contributed by atoms with Gasteiger partial charge >= 0.3 is 37.8 Å². The standard InChI is InChI=1S/C10H8S2.6FH.Sb/c1-2-4-9(5-3-1)12-10-6-7-11-8-10;;;;;;;/h1-8H;6*1H;/q;;;;;;;+5/p-5. The largest absolute Gasteiger partial charge is 1.00 e. The molecule has 0 bridgehead atoms. The van der Waals surface area contributed by atoms with Crippen LogP contribution >= 0.6 is 23.1 Å². The molecule has 0 saturated carbocycles. The van der Waals surface area contributed by atoms with Crippen molar-refractivity contribution in [3.8, 4) is 0 Å². The predicted octanol–water partition coefficient (Wildman–Crippen LogP) is 6.15. The molecule has 9 heteroatoms. The van der Waals surface area contributed by atoms with E-state index in [1.165, 1.54) is 9.79 Å². The van der Waals surface area contributed by atoms with Gasteiger partial charge in [0, 0.05) is 15.2 Å². The van der Waals surface area contributed by atoms with Crippen LogP contribution in [0.5, 0.6) is 0 Å². The molecule has 108 valence electrons. The van der Waals surface area contributed by atoms with Gasteiger partial charge in [0.1, 0.15) is 0 Å². The third-order valence-electron chi connectivity index (χ3n) is 1.47. The van der Waals surface area contributed by atoms with Gasteiger partial charge < -0.3 is 0 Å². The molecule has 0 aliphatic rings. The molecule has 0 aliphatic carbocycles. The number of thiophene rings is 1. The summed E-state index contributed by atoms with van der Waals surface area (Å²) in [4.78, 5) is 2.63. The Hall–Kier alpha value is -0.332. The molecule has 0 radical (unpaired) electrons. The normalized spacial score (nSPS) is 14.8. The summed E-state index contributed by atoms with van der Waals surface area (Å²) in [7, 11) is 0. The van der Waals surface area contributed by atoms with Crippen LogP contribution in [0.1, 0.15) is 1.43 Å². The first kappa shape index (κ1) is 16.7. The van der Waals surface area contributed by atoms with Crippen LogP contribution in [0.3, 0.4) is 0 Å². The van der Waals surface area contributed by atoms with E-state index in [-0.39, 0.29) is 1.43 Å². The molecule has 0 N–H and O–H groups in total. The molecule has 0 amide bonds. The van der Waals surface area contributed by atoms with Crippen LogP contribution in [-0.2, 0) is 0 Å². The molecule has 0 nitrogen and oxygen atoms in total. The first-order valence-electron chi connectivity index (χ1n) is 4.72. The van der Waals surface area contributed by atoms with Crippen molar-refractivity contribution >= 4 is 42.6 Å². The van der Waals surface area contributed by atoms with E-state index >= 15 is 0 Å². The third-order valence-corrected chi connectivity index (χ3v) is 3.30. The third kappa shape index (κ3) is 12.4. The van der Waals surface area contributed by atoms with Crippen molar-refractivity contribution < 1.29 is 18.3 Å². The van der Waals surface area contributed by atoms with Gasteiger partial charge in [0.25, 0.3) is 0 Å². The van der Waals surface area contributed by atoms with Crippen LogP contribution in [-0.4, -0.2) is 19.5 Å². The summed E-state index contributed by atoms with van der Waals surface area (Å²) >= 11 is -7.71. The Morgan fingerprint density at radius 1 is 0.842 bits per heavy atom. The van der Waals surface area contributed by atoms with Crippen molar-refractivity contribution in [2.45, 2.75) is 9.79 Å². The zero-order valence-electron chi connectivity index (χ0n) is 10.2. The summed E-state index contributed by atoms with van der Waals surface area (Å²) in [6, 6.07) is 12.6. The van der Waals surface area contributed by atoms with E-state index in [1.54, 1.807) is 23.1 Å². The zero-order chi connectivity index (χ0) is 14.6. The fraction of sp³-hybridized carbons (Fsp3) is 0. The van der Waals surface area contributed by atoms with E-state index in [1.807, 2.05) is 6.07 Å². The van der Waals surface area contributed by atoms with E-state index < -0.39 is 19.5 Å². The smallest absolute Gasteiger partial charge is 0.151 e. The van der Waals surface area contributed by atoms with Crippen molar-refractivity contribution in [1.82, 2.24) is 0 Å². The van der Waals surface area contributed by atoms with E-state index in [0.717, 1.165) is 0 Å². The number of hydrogen-bond donors (Lipinski definition) is 0. The quantitative estimate of drug-likeness (QED) is 0.408. The van der Waals surface area contributed by atoms with Gasteiger partial charge in [-0.15, -0.1) is 0 Å². The second kappa shape index (κ2) is 5.22. The van der Waals surface area contributed by atoms with E-state index in [0.29, 0.717) is 0 Å². The van der Waals surface area contributed by atoms with Gasteiger partial charge in [-0.25, -0.2) is 0 Å². The molecule has 1 heterocycles. The summed E-state index contributed by atoms with van der Waals surface area (Å²) in [6.07, 6.45) is 0. The molecule has 2 rings (SSSR count). The topological polar surface area (TPSA) is 0 Å². The molecule has 0 saturated heterocycles. The summed E-state index contributed by atoms with van der Waals surface area (Å²) < 4.78 is 59.6. The Balaban J connectivity index is 0.000000396. The Kier molecular flexibility index (Phi) is 4.59. The maximum absolute atomic E-state index is 11.2. The van der Waals surface area contributed by atoms with Crippen molar-refractivity contribution in [2.24, 2.45) is 0 Å².